The van der Waals surface area contributed by atoms with Gasteiger partial charge in [-0.25, -0.2) is 0 Å². The number of nitro groups is 1. The molecule has 2 aliphatic carbocycles. The predicted molar refractivity (Wildman–Crippen MR) is 88.7 cm³/mol. The number of fused-ring (bicyclic) bond motifs is 2. The van der Waals surface area contributed by atoms with Crippen LogP contribution < -0.4 is 0 Å². The van der Waals surface area contributed by atoms with Crippen LogP contribution in [0.2, 0.25) is 0 Å². The van der Waals surface area contributed by atoms with E-state index >= 15 is 0 Å². The number of aliphatic hydroxyl groups is 1. The van der Waals surface area contributed by atoms with Gasteiger partial charge in [0.25, 0.3) is 0 Å². The topological polar surface area (TPSA) is 80.4 Å². The molecule has 4 atom stereocenters. The predicted octanol–water partition coefficient (Wildman–Crippen LogP) is 3.75. The molecule has 0 spiro atoms. The summed E-state index contributed by atoms with van der Waals surface area (Å²) in [6.45, 7) is 8.33. The molecular weight excluding hydrogens is 294 g/mol. The molecule has 0 aromatic rings. The summed E-state index contributed by atoms with van der Waals surface area (Å²) in [7, 11) is 0. The Hall–Kier alpha value is -0.970. The molecule has 5 nitrogen and oxygen atoms in total. The second-order valence-corrected chi connectivity index (χ2v) is 8.40. The zero-order chi connectivity index (χ0) is 17.5. The van der Waals surface area contributed by atoms with E-state index in [2.05, 4.69) is 13.8 Å². The third kappa shape index (κ3) is 2.71. The van der Waals surface area contributed by atoms with E-state index in [0.717, 1.165) is 25.7 Å². The van der Waals surface area contributed by atoms with E-state index in [0.29, 0.717) is 18.8 Å². The van der Waals surface area contributed by atoms with Crippen molar-refractivity contribution in [2.45, 2.75) is 90.7 Å². The summed E-state index contributed by atoms with van der Waals surface area (Å²) < 4.78 is 0. The van der Waals surface area contributed by atoms with E-state index in [1.807, 2.05) is 13.8 Å². The van der Waals surface area contributed by atoms with Crippen LogP contribution in [0.3, 0.4) is 0 Å². The lowest BCUT2D eigenvalue weighted by Crippen LogP contribution is -2.53. The van der Waals surface area contributed by atoms with Crippen molar-refractivity contribution in [3.05, 3.63) is 10.1 Å². The fraction of sp³-hybridized carbons (Fsp3) is 0.944. The highest BCUT2D eigenvalue weighted by atomic mass is 16.6. The van der Waals surface area contributed by atoms with Crippen LogP contribution in [0.1, 0.15) is 79.1 Å². The van der Waals surface area contributed by atoms with Crippen molar-refractivity contribution in [2.75, 3.05) is 0 Å². The summed E-state index contributed by atoms with van der Waals surface area (Å²) in [5.74, 6) is 0.187. The number of ketones is 1. The van der Waals surface area contributed by atoms with Crippen LogP contribution in [0.5, 0.6) is 0 Å². The van der Waals surface area contributed by atoms with Crippen LogP contribution in [0, 0.1) is 26.9 Å². The molecule has 0 saturated heterocycles. The van der Waals surface area contributed by atoms with E-state index in [1.54, 1.807) is 0 Å². The van der Waals surface area contributed by atoms with Crippen molar-refractivity contribution >= 4 is 5.78 Å². The molecule has 0 aliphatic heterocycles. The van der Waals surface area contributed by atoms with E-state index in [1.165, 1.54) is 0 Å². The molecule has 0 radical (unpaired) electrons. The smallest absolute Gasteiger partial charge is 0.213 e. The van der Waals surface area contributed by atoms with Crippen molar-refractivity contribution in [3.8, 4) is 0 Å². The fourth-order valence-corrected chi connectivity index (χ4v) is 5.00. The largest absolute Gasteiger partial charge is 0.381 e. The highest BCUT2D eigenvalue weighted by Gasteiger charge is 2.70. The fourth-order valence-electron chi connectivity index (χ4n) is 5.00. The zero-order valence-electron chi connectivity index (χ0n) is 14.9. The molecule has 2 aliphatic rings. The van der Waals surface area contributed by atoms with Crippen molar-refractivity contribution in [2.24, 2.45) is 16.7 Å². The summed E-state index contributed by atoms with van der Waals surface area (Å²) in [5, 5.41) is 22.3. The van der Waals surface area contributed by atoms with Gasteiger partial charge in [0.05, 0.1) is 0 Å². The van der Waals surface area contributed by atoms with Gasteiger partial charge in [-0.2, -0.15) is 0 Å². The van der Waals surface area contributed by atoms with Crippen LogP contribution in [-0.4, -0.2) is 27.5 Å². The van der Waals surface area contributed by atoms with Gasteiger partial charge in [-0.15, -0.1) is 0 Å². The van der Waals surface area contributed by atoms with E-state index in [9.17, 15) is 20.0 Å². The van der Waals surface area contributed by atoms with Crippen LogP contribution in [0.4, 0.5) is 0 Å². The molecule has 132 valence electrons. The average Bonchev–Trinajstić information content (AvgIpc) is 2.78. The Morgan fingerprint density at radius 1 is 1.35 bits per heavy atom. The Kier molecular flexibility index (Phi) is 4.91. The molecule has 2 bridgehead atoms. The van der Waals surface area contributed by atoms with Gasteiger partial charge in [0.2, 0.25) is 6.04 Å². The van der Waals surface area contributed by atoms with Gasteiger partial charge < -0.3 is 5.11 Å². The minimum Gasteiger partial charge on any atom is -0.381 e. The van der Waals surface area contributed by atoms with Crippen molar-refractivity contribution in [1.29, 1.82) is 0 Å². The maximum atomic E-state index is 12.8. The summed E-state index contributed by atoms with van der Waals surface area (Å²) >= 11 is 0. The number of carbonyl (C=O) groups is 1. The molecule has 0 aromatic carbocycles. The first-order valence-electron chi connectivity index (χ1n) is 8.99. The summed E-state index contributed by atoms with van der Waals surface area (Å²) in [4.78, 5) is 23.7. The highest BCUT2D eigenvalue weighted by Crippen LogP contribution is 2.69. The van der Waals surface area contributed by atoms with Crippen LogP contribution in [0.15, 0.2) is 0 Å². The maximum Gasteiger partial charge on any atom is 0.213 e. The Morgan fingerprint density at radius 3 is 2.43 bits per heavy atom. The third-order valence-electron chi connectivity index (χ3n) is 7.25. The molecule has 2 fully saturated rings. The molecule has 0 unspecified atom stereocenters. The molecule has 0 heterocycles. The normalized spacial score (nSPS) is 36.1. The molecule has 1 N–H and O–H groups in total. The molecule has 2 rings (SSSR count). The van der Waals surface area contributed by atoms with E-state index in [4.69, 9.17) is 0 Å². The number of carbonyl (C=O) groups excluding carboxylic acids is 1. The Bertz CT molecular complexity index is 489. The molecule has 5 heteroatoms. The second-order valence-electron chi connectivity index (χ2n) is 8.40. The van der Waals surface area contributed by atoms with Gasteiger partial charge in [0.15, 0.2) is 5.78 Å². The Balaban J connectivity index is 2.05. The number of Topliss-reactive ketones (excluding diaryl/α,β-unsaturated/α-hetero) is 1. The van der Waals surface area contributed by atoms with Crippen LogP contribution in [0.25, 0.3) is 0 Å². The first kappa shape index (κ1) is 18.4. The van der Waals surface area contributed by atoms with Gasteiger partial charge in [0.1, 0.15) is 5.60 Å². The Morgan fingerprint density at radius 2 is 2.00 bits per heavy atom. The van der Waals surface area contributed by atoms with Crippen molar-refractivity contribution in [1.82, 2.24) is 0 Å². The average molecular weight is 325 g/mol. The summed E-state index contributed by atoms with van der Waals surface area (Å²) in [6, 6.07) is -0.665. The second kappa shape index (κ2) is 6.15. The molecule has 0 aromatic heterocycles. The van der Waals surface area contributed by atoms with Gasteiger partial charge in [-0.05, 0) is 37.0 Å². The van der Waals surface area contributed by atoms with Gasteiger partial charge >= 0.3 is 0 Å². The number of hydrogen-bond acceptors (Lipinski definition) is 4. The van der Waals surface area contributed by atoms with Crippen molar-refractivity contribution < 1.29 is 14.8 Å². The minimum absolute atomic E-state index is 0.0534. The molecule has 23 heavy (non-hydrogen) atoms. The molecule has 0 amide bonds. The number of nitrogens with zero attached hydrogens (tertiary/aromatic N) is 1. The maximum absolute atomic E-state index is 12.8. The molecular formula is C18H31NO4. The quantitative estimate of drug-likeness (QED) is 0.544. The standard InChI is InChI=1S/C18H31NO4/c1-5-6-7-14(19(22)23)8-9-15(20)18(21)12-13-10-11-17(18,4)16(13,2)3/h13-14,21H,5-12H2,1-4H3/t13-,14+,17-,18+/m1/s1. The zero-order valence-corrected chi connectivity index (χ0v) is 14.9. The van der Waals surface area contributed by atoms with E-state index in [-0.39, 0.29) is 29.0 Å². The van der Waals surface area contributed by atoms with E-state index < -0.39 is 17.1 Å². The minimum atomic E-state index is -1.30. The monoisotopic (exact) mass is 325 g/mol. The Labute approximate surface area is 139 Å². The number of hydrogen-bond donors (Lipinski definition) is 1. The lowest BCUT2D eigenvalue weighted by atomic mass is 9.62. The summed E-state index contributed by atoms with van der Waals surface area (Å²) in [5.41, 5.74) is -1.76. The van der Waals surface area contributed by atoms with Crippen LogP contribution in [-0.2, 0) is 4.79 Å². The third-order valence-corrected chi connectivity index (χ3v) is 7.25. The first-order valence-corrected chi connectivity index (χ1v) is 8.99. The summed E-state index contributed by atoms with van der Waals surface area (Å²) in [6.07, 6.45) is 5.04. The number of rotatable bonds is 8. The highest BCUT2D eigenvalue weighted by molar-refractivity contribution is 5.89. The van der Waals surface area contributed by atoms with Crippen LogP contribution >= 0.6 is 0 Å². The van der Waals surface area contributed by atoms with Gasteiger partial charge in [-0.1, -0.05) is 34.1 Å². The van der Waals surface area contributed by atoms with Crippen molar-refractivity contribution in [3.63, 3.8) is 0 Å². The lowest BCUT2D eigenvalue weighted by Gasteiger charge is -2.44. The SMILES string of the molecule is CCCC[C@@H](CCC(=O)[C@@]1(O)C[C@H]2CC[C@]1(C)C2(C)C)[N+](=O)[O-]. The number of unbranched alkanes of at least 4 members (excludes halogenated alkanes) is 1. The lowest BCUT2D eigenvalue weighted by molar-refractivity contribution is -0.524. The molecule has 2 saturated carbocycles. The van der Waals surface area contributed by atoms with Gasteiger partial charge in [-0.3, -0.25) is 14.9 Å². The van der Waals surface area contributed by atoms with Gasteiger partial charge in [0, 0.05) is 29.6 Å². The first-order chi connectivity index (χ1) is 10.6.